The lowest BCUT2D eigenvalue weighted by Crippen LogP contribution is -2.26. The summed E-state index contributed by atoms with van der Waals surface area (Å²) in [5, 5.41) is 2.79. The first-order chi connectivity index (χ1) is 5.95. The Morgan fingerprint density at radius 1 is 1.38 bits per heavy atom. The van der Waals surface area contributed by atoms with Crippen molar-refractivity contribution in [1.82, 2.24) is 5.32 Å². The van der Waals surface area contributed by atoms with Crippen molar-refractivity contribution in [2.45, 2.75) is 19.5 Å². The van der Waals surface area contributed by atoms with Gasteiger partial charge in [0.05, 0.1) is 6.42 Å². The minimum absolute atomic E-state index is 0.0300. The molecule has 13 heavy (non-hydrogen) atoms. The molecule has 1 N–H and O–H groups in total. The highest BCUT2D eigenvalue weighted by molar-refractivity contribution is 7.98. The van der Waals surface area contributed by atoms with Crippen LogP contribution in [-0.2, 0) is 0 Å². The molecular formula is C8H16F3NS. The van der Waals surface area contributed by atoms with Crippen LogP contribution < -0.4 is 5.32 Å². The molecule has 1 nitrogen and oxygen atoms in total. The van der Waals surface area contributed by atoms with Crippen molar-refractivity contribution in [2.24, 2.45) is 5.92 Å². The lowest BCUT2D eigenvalue weighted by Gasteiger charge is -2.11. The second-order valence-corrected chi connectivity index (χ2v) is 4.04. The summed E-state index contributed by atoms with van der Waals surface area (Å²) in [5.41, 5.74) is 0. The van der Waals surface area contributed by atoms with E-state index in [1.165, 1.54) is 0 Å². The Morgan fingerprint density at radius 3 is 2.46 bits per heavy atom. The van der Waals surface area contributed by atoms with Gasteiger partial charge in [-0.05, 0) is 24.5 Å². The number of hydrogen-bond acceptors (Lipinski definition) is 2. The van der Waals surface area contributed by atoms with Crippen LogP contribution in [0.4, 0.5) is 13.2 Å². The third-order valence-corrected chi connectivity index (χ3v) is 2.43. The Hall–Kier alpha value is 0.100. The van der Waals surface area contributed by atoms with E-state index in [0.717, 1.165) is 5.75 Å². The van der Waals surface area contributed by atoms with Crippen molar-refractivity contribution in [3.63, 3.8) is 0 Å². The van der Waals surface area contributed by atoms with E-state index >= 15 is 0 Å². The van der Waals surface area contributed by atoms with Gasteiger partial charge in [0, 0.05) is 6.54 Å². The number of thioether (sulfide) groups is 1. The van der Waals surface area contributed by atoms with E-state index < -0.39 is 12.6 Å². The molecule has 0 aromatic carbocycles. The Labute approximate surface area is 81.5 Å². The highest BCUT2D eigenvalue weighted by Gasteiger charge is 2.25. The first kappa shape index (κ1) is 13.1. The van der Waals surface area contributed by atoms with E-state index in [1.807, 2.05) is 13.2 Å². The SMILES string of the molecule is CSCC(C)CNCCC(F)(F)F. The predicted molar refractivity (Wildman–Crippen MR) is 51.1 cm³/mol. The molecule has 0 rings (SSSR count). The van der Waals surface area contributed by atoms with Crippen LogP contribution >= 0.6 is 11.8 Å². The maximum atomic E-state index is 11.7. The number of hydrogen-bond donors (Lipinski definition) is 1. The Balaban J connectivity index is 3.25. The summed E-state index contributed by atoms with van der Waals surface area (Å²) in [6.07, 6.45) is -2.78. The van der Waals surface area contributed by atoms with Crippen LogP contribution in [0.15, 0.2) is 0 Å². The smallest absolute Gasteiger partial charge is 0.316 e. The van der Waals surface area contributed by atoms with E-state index in [1.54, 1.807) is 11.8 Å². The zero-order valence-corrected chi connectivity index (χ0v) is 8.76. The molecule has 1 unspecified atom stereocenters. The third-order valence-electron chi connectivity index (χ3n) is 1.53. The average Bonchev–Trinajstić information content (AvgIpc) is 1.97. The predicted octanol–water partition coefficient (Wildman–Crippen LogP) is 2.53. The van der Waals surface area contributed by atoms with Gasteiger partial charge in [0.15, 0.2) is 0 Å². The van der Waals surface area contributed by atoms with Crippen LogP contribution in [0.5, 0.6) is 0 Å². The van der Waals surface area contributed by atoms with Crippen molar-refractivity contribution < 1.29 is 13.2 Å². The van der Waals surface area contributed by atoms with Crippen LogP contribution in [0, 0.1) is 5.92 Å². The largest absolute Gasteiger partial charge is 0.390 e. The van der Waals surface area contributed by atoms with Crippen LogP contribution in [0.1, 0.15) is 13.3 Å². The highest BCUT2D eigenvalue weighted by atomic mass is 32.2. The number of rotatable bonds is 6. The minimum Gasteiger partial charge on any atom is -0.316 e. The van der Waals surface area contributed by atoms with Gasteiger partial charge >= 0.3 is 6.18 Å². The van der Waals surface area contributed by atoms with E-state index in [2.05, 4.69) is 5.32 Å². The molecule has 0 aliphatic rings. The van der Waals surface area contributed by atoms with Crippen molar-refractivity contribution in [3.8, 4) is 0 Å². The fourth-order valence-corrected chi connectivity index (χ4v) is 1.61. The van der Waals surface area contributed by atoms with Crippen LogP contribution in [0.3, 0.4) is 0 Å². The van der Waals surface area contributed by atoms with Gasteiger partial charge in [0.25, 0.3) is 0 Å². The van der Waals surface area contributed by atoms with Crippen molar-refractivity contribution in [3.05, 3.63) is 0 Å². The molecular weight excluding hydrogens is 199 g/mol. The Kier molecular flexibility index (Phi) is 6.59. The van der Waals surface area contributed by atoms with Gasteiger partial charge in [0.2, 0.25) is 0 Å². The first-order valence-electron chi connectivity index (χ1n) is 4.22. The molecule has 5 heteroatoms. The molecule has 80 valence electrons. The maximum Gasteiger partial charge on any atom is 0.390 e. The average molecular weight is 215 g/mol. The maximum absolute atomic E-state index is 11.7. The van der Waals surface area contributed by atoms with Crippen LogP contribution in [0.2, 0.25) is 0 Å². The fraction of sp³-hybridized carbons (Fsp3) is 1.00. The topological polar surface area (TPSA) is 12.0 Å². The first-order valence-corrected chi connectivity index (χ1v) is 5.61. The lowest BCUT2D eigenvalue weighted by molar-refractivity contribution is -0.133. The van der Waals surface area contributed by atoms with Crippen LogP contribution in [-0.4, -0.2) is 31.3 Å². The summed E-state index contributed by atoms with van der Waals surface area (Å²) in [4.78, 5) is 0. The molecule has 0 saturated carbocycles. The molecule has 0 bridgehead atoms. The van der Waals surface area contributed by atoms with Gasteiger partial charge in [-0.15, -0.1) is 0 Å². The Bertz CT molecular complexity index is 127. The van der Waals surface area contributed by atoms with Crippen molar-refractivity contribution in [1.29, 1.82) is 0 Å². The zero-order valence-electron chi connectivity index (χ0n) is 7.95. The molecule has 0 heterocycles. The second kappa shape index (κ2) is 6.54. The molecule has 0 saturated heterocycles. The highest BCUT2D eigenvalue weighted by Crippen LogP contribution is 2.18. The fourth-order valence-electron chi connectivity index (χ4n) is 0.922. The molecule has 0 aliphatic carbocycles. The monoisotopic (exact) mass is 215 g/mol. The molecule has 0 amide bonds. The van der Waals surface area contributed by atoms with E-state index in [9.17, 15) is 13.2 Å². The van der Waals surface area contributed by atoms with Crippen molar-refractivity contribution in [2.75, 3.05) is 25.1 Å². The van der Waals surface area contributed by atoms with Gasteiger partial charge in [0.1, 0.15) is 0 Å². The lowest BCUT2D eigenvalue weighted by atomic mass is 10.2. The summed E-state index contributed by atoms with van der Waals surface area (Å²) in [7, 11) is 0. The van der Waals surface area contributed by atoms with Gasteiger partial charge in [-0.25, -0.2) is 0 Å². The minimum atomic E-state index is -4.03. The number of nitrogens with one attached hydrogen (secondary N) is 1. The van der Waals surface area contributed by atoms with E-state index in [-0.39, 0.29) is 6.54 Å². The molecule has 0 spiro atoms. The normalized spacial score (nSPS) is 14.5. The quantitative estimate of drug-likeness (QED) is 0.683. The molecule has 0 aromatic heterocycles. The summed E-state index contributed by atoms with van der Waals surface area (Å²) in [6, 6.07) is 0. The zero-order chi connectivity index (χ0) is 10.3. The molecule has 0 fully saturated rings. The van der Waals surface area contributed by atoms with Crippen LogP contribution in [0.25, 0.3) is 0 Å². The second-order valence-electron chi connectivity index (χ2n) is 3.13. The molecule has 0 aromatic rings. The summed E-state index contributed by atoms with van der Waals surface area (Å²) < 4.78 is 35.1. The standard InChI is InChI=1S/C8H16F3NS/c1-7(6-13-2)5-12-4-3-8(9,10)11/h7,12H,3-6H2,1-2H3. The van der Waals surface area contributed by atoms with Gasteiger partial charge in [-0.3, -0.25) is 0 Å². The van der Waals surface area contributed by atoms with Crippen molar-refractivity contribution >= 4 is 11.8 Å². The number of alkyl halides is 3. The van der Waals surface area contributed by atoms with Gasteiger partial charge in [-0.2, -0.15) is 24.9 Å². The molecule has 1 atom stereocenters. The van der Waals surface area contributed by atoms with E-state index in [0.29, 0.717) is 12.5 Å². The summed E-state index contributed by atoms with van der Waals surface area (Å²) >= 11 is 1.71. The van der Waals surface area contributed by atoms with Gasteiger partial charge < -0.3 is 5.32 Å². The molecule has 0 radical (unpaired) electrons. The summed E-state index contributed by atoms with van der Waals surface area (Å²) in [6.45, 7) is 2.72. The number of halogens is 3. The van der Waals surface area contributed by atoms with E-state index in [4.69, 9.17) is 0 Å². The molecule has 0 aliphatic heterocycles. The third kappa shape index (κ3) is 10.0. The van der Waals surface area contributed by atoms with Gasteiger partial charge in [-0.1, -0.05) is 6.92 Å². The summed E-state index contributed by atoms with van der Waals surface area (Å²) in [5.74, 6) is 1.42. The Morgan fingerprint density at radius 2 is 2.00 bits per heavy atom.